The molecule has 0 atom stereocenters. The van der Waals surface area contributed by atoms with Crippen LogP contribution in [0.5, 0.6) is 5.75 Å². The van der Waals surface area contributed by atoms with Crippen LogP contribution in [0.4, 0.5) is 0 Å². The summed E-state index contributed by atoms with van der Waals surface area (Å²) in [5.41, 5.74) is 2.49. The lowest BCUT2D eigenvalue weighted by Crippen LogP contribution is -2.22. The normalized spacial score (nSPS) is 10.5. The van der Waals surface area contributed by atoms with Crippen LogP contribution in [0.25, 0.3) is 11.1 Å². The number of hydrogen-bond donors (Lipinski definition) is 0. The van der Waals surface area contributed by atoms with Crippen LogP contribution in [0, 0.1) is 11.3 Å². The van der Waals surface area contributed by atoms with E-state index >= 15 is 0 Å². The van der Waals surface area contributed by atoms with Crippen molar-refractivity contribution >= 4 is 15.9 Å². The Balaban J connectivity index is 2.28. The summed E-state index contributed by atoms with van der Waals surface area (Å²) < 4.78 is 16.9. The lowest BCUT2D eigenvalue weighted by atomic mass is 10.0. The second kappa shape index (κ2) is 7.95. The van der Waals surface area contributed by atoms with Crippen molar-refractivity contribution < 1.29 is 14.2 Å². The Morgan fingerprint density at radius 2 is 1.82 bits per heavy atom. The molecule has 0 radical (unpaired) electrons. The standard InChI is InChI=1S/C17H16BrNO3/c1-20-17(21-2)11-22-16-9-13(6-7-14(16)10-19)12-4-3-5-15(18)8-12/h3-9,17H,11H2,1-2H3. The first kappa shape index (κ1) is 16.5. The van der Waals surface area contributed by atoms with Crippen molar-refractivity contribution in [1.29, 1.82) is 5.26 Å². The van der Waals surface area contributed by atoms with Gasteiger partial charge in [0.1, 0.15) is 18.4 Å². The highest BCUT2D eigenvalue weighted by atomic mass is 79.9. The number of benzene rings is 2. The molecule has 2 aromatic carbocycles. The van der Waals surface area contributed by atoms with Gasteiger partial charge in [0.2, 0.25) is 0 Å². The van der Waals surface area contributed by atoms with Gasteiger partial charge in [-0.25, -0.2) is 0 Å². The number of ether oxygens (including phenoxy) is 3. The molecule has 0 fully saturated rings. The van der Waals surface area contributed by atoms with Crippen LogP contribution < -0.4 is 4.74 Å². The largest absolute Gasteiger partial charge is 0.487 e. The molecule has 5 heteroatoms. The molecule has 4 nitrogen and oxygen atoms in total. The van der Waals surface area contributed by atoms with E-state index in [2.05, 4.69) is 22.0 Å². The highest BCUT2D eigenvalue weighted by molar-refractivity contribution is 9.10. The van der Waals surface area contributed by atoms with E-state index in [1.165, 1.54) is 0 Å². The number of hydrogen-bond acceptors (Lipinski definition) is 4. The smallest absolute Gasteiger partial charge is 0.191 e. The van der Waals surface area contributed by atoms with Crippen LogP contribution in [0.3, 0.4) is 0 Å². The van der Waals surface area contributed by atoms with Gasteiger partial charge in [-0.05, 0) is 35.4 Å². The van der Waals surface area contributed by atoms with Crippen molar-refractivity contribution in [2.75, 3.05) is 20.8 Å². The molecule has 0 aliphatic heterocycles. The van der Waals surface area contributed by atoms with Gasteiger partial charge in [0.05, 0.1) is 5.56 Å². The summed E-state index contributed by atoms with van der Waals surface area (Å²) >= 11 is 3.46. The second-order valence-electron chi connectivity index (χ2n) is 4.55. The highest BCUT2D eigenvalue weighted by Crippen LogP contribution is 2.28. The minimum Gasteiger partial charge on any atom is -0.487 e. The fourth-order valence-electron chi connectivity index (χ4n) is 1.97. The molecular formula is C17H16BrNO3. The van der Waals surface area contributed by atoms with E-state index < -0.39 is 6.29 Å². The molecule has 0 N–H and O–H groups in total. The first-order valence-corrected chi connectivity index (χ1v) is 7.45. The number of nitriles is 1. The predicted octanol–water partition coefficient (Wildman–Crippen LogP) is 3.99. The first-order valence-electron chi connectivity index (χ1n) is 6.66. The maximum absolute atomic E-state index is 9.20. The molecule has 0 bridgehead atoms. The van der Waals surface area contributed by atoms with Crippen LogP contribution >= 0.6 is 15.9 Å². The van der Waals surface area contributed by atoms with Crippen LogP contribution in [0.2, 0.25) is 0 Å². The van der Waals surface area contributed by atoms with Crippen LogP contribution in [0.15, 0.2) is 46.9 Å². The Bertz CT molecular complexity index is 678. The van der Waals surface area contributed by atoms with Crippen molar-refractivity contribution in [3.8, 4) is 22.9 Å². The second-order valence-corrected chi connectivity index (χ2v) is 5.46. The molecule has 0 saturated carbocycles. The maximum atomic E-state index is 9.20. The van der Waals surface area contributed by atoms with Crippen molar-refractivity contribution in [2.24, 2.45) is 0 Å². The minimum absolute atomic E-state index is 0.212. The molecule has 0 saturated heterocycles. The summed E-state index contributed by atoms with van der Waals surface area (Å²) in [6.07, 6.45) is -0.471. The van der Waals surface area contributed by atoms with Gasteiger partial charge in [0.25, 0.3) is 0 Å². The zero-order valence-electron chi connectivity index (χ0n) is 12.4. The summed E-state index contributed by atoms with van der Waals surface area (Å²) in [6.45, 7) is 0.212. The van der Waals surface area contributed by atoms with E-state index in [1.54, 1.807) is 20.3 Å². The SMILES string of the molecule is COC(COc1cc(-c2cccc(Br)c2)ccc1C#N)OC. The number of rotatable bonds is 6. The van der Waals surface area contributed by atoms with E-state index in [1.807, 2.05) is 36.4 Å². The van der Waals surface area contributed by atoms with Crippen molar-refractivity contribution in [3.63, 3.8) is 0 Å². The zero-order valence-corrected chi connectivity index (χ0v) is 14.0. The Morgan fingerprint density at radius 1 is 1.09 bits per heavy atom. The molecule has 114 valence electrons. The van der Waals surface area contributed by atoms with Crippen molar-refractivity contribution in [3.05, 3.63) is 52.5 Å². The molecule has 0 spiro atoms. The van der Waals surface area contributed by atoms with Crippen molar-refractivity contribution in [2.45, 2.75) is 6.29 Å². The number of methoxy groups -OCH3 is 2. The van der Waals surface area contributed by atoms with Gasteiger partial charge in [0.15, 0.2) is 6.29 Å². The van der Waals surface area contributed by atoms with Crippen LogP contribution in [-0.4, -0.2) is 27.1 Å². The Hall–Kier alpha value is -1.87. The lowest BCUT2D eigenvalue weighted by Gasteiger charge is -2.15. The molecular weight excluding hydrogens is 346 g/mol. The number of nitrogens with zero attached hydrogens (tertiary/aromatic N) is 1. The molecule has 0 aliphatic carbocycles. The summed E-state index contributed by atoms with van der Waals surface area (Å²) in [5.74, 6) is 0.513. The fraction of sp³-hybridized carbons (Fsp3) is 0.235. The van der Waals surface area contributed by atoms with Crippen LogP contribution in [-0.2, 0) is 9.47 Å². The number of halogens is 1. The first-order chi connectivity index (χ1) is 10.7. The molecule has 0 aliphatic rings. The van der Waals surface area contributed by atoms with E-state index in [0.29, 0.717) is 11.3 Å². The average molecular weight is 362 g/mol. The molecule has 2 aromatic rings. The summed E-state index contributed by atoms with van der Waals surface area (Å²) in [6, 6.07) is 15.6. The van der Waals surface area contributed by atoms with Gasteiger partial charge in [-0.2, -0.15) is 5.26 Å². The van der Waals surface area contributed by atoms with Gasteiger partial charge < -0.3 is 14.2 Å². The molecule has 22 heavy (non-hydrogen) atoms. The molecule has 0 amide bonds. The molecule has 0 heterocycles. The molecule has 0 unspecified atom stereocenters. The molecule has 0 aromatic heterocycles. The van der Waals surface area contributed by atoms with Gasteiger partial charge in [-0.3, -0.25) is 0 Å². The summed E-state index contributed by atoms with van der Waals surface area (Å²) in [4.78, 5) is 0. The Morgan fingerprint density at radius 3 is 2.45 bits per heavy atom. The third-order valence-electron chi connectivity index (χ3n) is 3.16. The van der Waals surface area contributed by atoms with Crippen molar-refractivity contribution in [1.82, 2.24) is 0 Å². The Kier molecular flexibility index (Phi) is 5.96. The monoisotopic (exact) mass is 361 g/mol. The zero-order chi connectivity index (χ0) is 15.9. The topological polar surface area (TPSA) is 51.5 Å². The maximum Gasteiger partial charge on any atom is 0.191 e. The third kappa shape index (κ3) is 4.08. The highest BCUT2D eigenvalue weighted by Gasteiger charge is 2.11. The average Bonchev–Trinajstić information content (AvgIpc) is 2.55. The minimum atomic E-state index is -0.471. The van der Waals surface area contributed by atoms with E-state index in [9.17, 15) is 5.26 Å². The predicted molar refractivity (Wildman–Crippen MR) is 87.6 cm³/mol. The van der Waals surface area contributed by atoms with Gasteiger partial charge in [-0.15, -0.1) is 0 Å². The quantitative estimate of drug-likeness (QED) is 0.730. The van der Waals surface area contributed by atoms with Crippen LogP contribution in [0.1, 0.15) is 5.56 Å². The summed E-state index contributed by atoms with van der Waals surface area (Å²) in [5, 5.41) is 9.20. The Labute approximate surface area is 138 Å². The lowest BCUT2D eigenvalue weighted by molar-refractivity contribution is -0.122. The third-order valence-corrected chi connectivity index (χ3v) is 3.65. The summed E-state index contributed by atoms with van der Waals surface area (Å²) in [7, 11) is 3.08. The van der Waals surface area contributed by atoms with E-state index in [0.717, 1.165) is 15.6 Å². The molecule has 2 rings (SSSR count). The van der Waals surface area contributed by atoms with E-state index in [4.69, 9.17) is 14.2 Å². The van der Waals surface area contributed by atoms with Gasteiger partial charge >= 0.3 is 0 Å². The van der Waals surface area contributed by atoms with E-state index in [-0.39, 0.29) is 6.61 Å². The van der Waals surface area contributed by atoms with Gasteiger partial charge in [-0.1, -0.05) is 34.1 Å². The van der Waals surface area contributed by atoms with Gasteiger partial charge in [0, 0.05) is 18.7 Å². The fourth-order valence-corrected chi connectivity index (χ4v) is 2.37.